The fourth-order valence-corrected chi connectivity index (χ4v) is 2.57. The van der Waals surface area contributed by atoms with Crippen molar-refractivity contribution in [1.29, 1.82) is 0 Å². The molecule has 0 aliphatic carbocycles. The minimum Gasteiger partial charge on any atom is -0.484 e. The molecule has 0 fully saturated rings. The molecular formula is C19H23NO6. The van der Waals surface area contributed by atoms with Crippen molar-refractivity contribution in [1.82, 2.24) is 5.32 Å². The predicted octanol–water partition coefficient (Wildman–Crippen LogP) is 2.40. The molecule has 0 unspecified atom stereocenters. The van der Waals surface area contributed by atoms with E-state index in [-0.39, 0.29) is 12.5 Å². The lowest BCUT2D eigenvalue weighted by Crippen LogP contribution is -2.46. The third-order valence-electron chi connectivity index (χ3n) is 4.59. The molecule has 7 nitrogen and oxygen atoms in total. The summed E-state index contributed by atoms with van der Waals surface area (Å²) in [6.45, 7) is 6.82. The zero-order chi connectivity index (χ0) is 19.4. The van der Waals surface area contributed by atoms with E-state index in [1.165, 1.54) is 0 Å². The van der Waals surface area contributed by atoms with Crippen molar-refractivity contribution in [2.24, 2.45) is 5.92 Å². The molecule has 0 bridgehead atoms. The van der Waals surface area contributed by atoms with Crippen LogP contribution in [0.1, 0.15) is 31.4 Å². The highest BCUT2D eigenvalue weighted by atomic mass is 16.5. The Morgan fingerprint density at radius 1 is 1.27 bits per heavy atom. The quantitative estimate of drug-likeness (QED) is 0.734. The molecule has 1 heterocycles. The highest BCUT2D eigenvalue weighted by Gasteiger charge is 2.25. The number of aliphatic carboxylic acids is 1. The van der Waals surface area contributed by atoms with Gasteiger partial charge in [0.15, 0.2) is 6.61 Å². The maximum atomic E-state index is 12.0. The minimum absolute atomic E-state index is 0.197. The van der Waals surface area contributed by atoms with Crippen molar-refractivity contribution >= 4 is 22.8 Å². The van der Waals surface area contributed by atoms with Crippen molar-refractivity contribution in [3.63, 3.8) is 0 Å². The summed E-state index contributed by atoms with van der Waals surface area (Å²) >= 11 is 0. The molecule has 2 rings (SSSR count). The van der Waals surface area contributed by atoms with Gasteiger partial charge in [-0.2, -0.15) is 0 Å². The summed E-state index contributed by atoms with van der Waals surface area (Å²) < 4.78 is 10.7. The van der Waals surface area contributed by atoms with Crippen molar-refractivity contribution in [2.45, 2.75) is 40.2 Å². The first-order valence-corrected chi connectivity index (χ1v) is 8.43. The second-order valence-corrected chi connectivity index (χ2v) is 6.36. The van der Waals surface area contributed by atoms with E-state index in [1.807, 2.05) is 13.8 Å². The van der Waals surface area contributed by atoms with Crippen LogP contribution in [0.3, 0.4) is 0 Å². The molecule has 2 atom stereocenters. The van der Waals surface area contributed by atoms with Gasteiger partial charge in [0.1, 0.15) is 17.4 Å². The van der Waals surface area contributed by atoms with Crippen LogP contribution in [0.4, 0.5) is 0 Å². The summed E-state index contributed by atoms with van der Waals surface area (Å²) in [6.07, 6.45) is 0.626. The average molecular weight is 361 g/mol. The molecule has 1 amide bonds. The minimum atomic E-state index is -1.08. The van der Waals surface area contributed by atoms with Gasteiger partial charge < -0.3 is 19.6 Å². The van der Waals surface area contributed by atoms with Crippen LogP contribution in [-0.2, 0) is 9.59 Å². The number of aryl methyl sites for hydroxylation is 1. The smallest absolute Gasteiger partial charge is 0.339 e. The lowest BCUT2D eigenvalue weighted by Gasteiger charge is -2.20. The Kier molecular flexibility index (Phi) is 6.02. The summed E-state index contributed by atoms with van der Waals surface area (Å²) in [7, 11) is 0. The molecule has 2 N–H and O–H groups in total. The largest absolute Gasteiger partial charge is 0.484 e. The number of rotatable bonds is 7. The normalized spacial score (nSPS) is 13.2. The number of carboxylic acid groups (broad SMARTS) is 1. The van der Waals surface area contributed by atoms with Gasteiger partial charge in [-0.15, -0.1) is 0 Å². The van der Waals surface area contributed by atoms with Gasteiger partial charge >= 0.3 is 11.6 Å². The summed E-state index contributed by atoms with van der Waals surface area (Å²) in [5, 5.41) is 12.5. The van der Waals surface area contributed by atoms with E-state index >= 15 is 0 Å². The van der Waals surface area contributed by atoms with Crippen LogP contribution >= 0.6 is 0 Å². The molecule has 140 valence electrons. The molecule has 7 heteroatoms. The first-order chi connectivity index (χ1) is 12.2. The Labute approximate surface area is 151 Å². The van der Waals surface area contributed by atoms with Gasteiger partial charge in [0.05, 0.1) is 0 Å². The number of fused-ring (bicyclic) bond motifs is 1. The Balaban J connectivity index is 2.09. The second kappa shape index (κ2) is 8.03. The third kappa shape index (κ3) is 4.22. The number of amides is 1. The molecule has 0 spiro atoms. The van der Waals surface area contributed by atoms with Gasteiger partial charge in [-0.1, -0.05) is 20.3 Å². The molecular weight excluding hydrogens is 338 g/mol. The van der Waals surface area contributed by atoms with Crippen LogP contribution in [-0.4, -0.2) is 29.6 Å². The number of hydrogen-bond donors (Lipinski definition) is 2. The molecule has 0 saturated carbocycles. The number of carboxylic acids is 1. The van der Waals surface area contributed by atoms with Crippen molar-refractivity contribution in [3.8, 4) is 5.75 Å². The second-order valence-electron chi connectivity index (χ2n) is 6.36. The van der Waals surface area contributed by atoms with Gasteiger partial charge in [-0.05, 0) is 37.5 Å². The number of nitrogens with one attached hydrogen (secondary N) is 1. The Morgan fingerprint density at radius 2 is 1.96 bits per heavy atom. The predicted molar refractivity (Wildman–Crippen MR) is 96.5 cm³/mol. The van der Waals surface area contributed by atoms with E-state index in [0.717, 1.165) is 10.9 Å². The molecule has 2 aromatic rings. The first-order valence-electron chi connectivity index (χ1n) is 8.43. The summed E-state index contributed by atoms with van der Waals surface area (Å²) in [4.78, 5) is 35.0. The first kappa shape index (κ1) is 19.5. The van der Waals surface area contributed by atoms with Gasteiger partial charge in [-0.25, -0.2) is 9.59 Å². The number of benzene rings is 1. The van der Waals surface area contributed by atoms with Crippen LogP contribution in [0.15, 0.2) is 27.4 Å². The Morgan fingerprint density at radius 3 is 2.58 bits per heavy atom. The van der Waals surface area contributed by atoms with Gasteiger partial charge in [0.25, 0.3) is 5.91 Å². The van der Waals surface area contributed by atoms with E-state index < -0.39 is 23.5 Å². The van der Waals surface area contributed by atoms with Gasteiger partial charge in [0, 0.05) is 17.0 Å². The van der Waals surface area contributed by atoms with E-state index in [0.29, 0.717) is 23.3 Å². The Bertz CT molecular complexity index is 885. The molecule has 26 heavy (non-hydrogen) atoms. The highest BCUT2D eigenvalue weighted by Crippen LogP contribution is 2.23. The van der Waals surface area contributed by atoms with E-state index in [9.17, 15) is 19.5 Å². The van der Waals surface area contributed by atoms with Crippen LogP contribution in [0.5, 0.6) is 5.75 Å². The maximum Gasteiger partial charge on any atom is 0.339 e. The molecule has 0 saturated heterocycles. The third-order valence-corrected chi connectivity index (χ3v) is 4.59. The van der Waals surface area contributed by atoms with Crippen LogP contribution in [0, 0.1) is 19.8 Å². The van der Waals surface area contributed by atoms with E-state index in [2.05, 4.69) is 5.32 Å². The van der Waals surface area contributed by atoms with E-state index in [4.69, 9.17) is 9.15 Å². The molecule has 1 aromatic heterocycles. The molecule has 0 aliphatic heterocycles. The fourth-order valence-electron chi connectivity index (χ4n) is 2.57. The van der Waals surface area contributed by atoms with Gasteiger partial charge in [-0.3, -0.25) is 4.79 Å². The average Bonchev–Trinajstić information content (AvgIpc) is 2.61. The summed E-state index contributed by atoms with van der Waals surface area (Å²) in [5.41, 5.74) is 1.34. The monoisotopic (exact) mass is 361 g/mol. The van der Waals surface area contributed by atoms with Crippen LogP contribution < -0.4 is 15.7 Å². The van der Waals surface area contributed by atoms with Crippen molar-refractivity contribution < 1.29 is 23.8 Å². The summed E-state index contributed by atoms with van der Waals surface area (Å²) in [6, 6.07) is 4.01. The highest BCUT2D eigenvalue weighted by molar-refractivity contribution is 5.85. The topological polar surface area (TPSA) is 106 Å². The Hall–Kier alpha value is -2.83. The molecule has 0 aliphatic rings. The van der Waals surface area contributed by atoms with Gasteiger partial charge in [0.2, 0.25) is 0 Å². The number of hydrogen-bond acceptors (Lipinski definition) is 5. The lowest BCUT2D eigenvalue weighted by atomic mass is 9.99. The number of carbonyl (C=O) groups excluding carboxylic acids is 1. The molecule has 1 aromatic carbocycles. The van der Waals surface area contributed by atoms with Crippen LogP contribution in [0.2, 0.25) is 0 Å². The maximum absolute atomic E-state index is 12.0. The standard InChI is InChI=1S/C19H23NO6/c1-5-10(2)17(18(22)23)20-16(21)9-25-13-6-7-14-11(3)12(4)19(24)26-15(14)8-13/h6-8,10,17H,5,9H2,1-4H3,(H,20,21)(H,22,23)/t10-,17-/m1/s1. The molecule has 0 radical (unpaired) electrons. The van der Waals surface area contributed by atoms with Crippen LogP contribution in [0.25, 0.3) is 11.0 Å². The van der Waals surface area contributed by atoms with Crippen molar-refractivity contribution in [2.75, 3.05) is 6.61 Å². The number of ether oxygens (including phenoxy) is 1. The van der Waals surface area contributed by atoms with E-state index in [1.54, 1.807) is 32.0 Å². The zero-order valence-electron chi connectivity index (χ0n) is 15.3. The lowest BCUT2D eigenvalue weighted by molar-refractivity contribution is -0.143. The zero-order valence-corrected chi connectivity index (χ0v) is 15.3. The number of carbonyl (C=O) groups is 2. The summed E-state index contributed by atoms with van der Waals surface area (Å²) in [5.74, 6) is -1.45. The van der Waals surface area contributed by atoms with Crippen molar-refractivity contribution in [3.05, 3.63) is 39.7 Å². The SMILES string of the molecule is CC[C@@H](C)[C@@H](NC(=O)COc1ccc2c(C)c(C)c(=O)oc2c1)C(=O)O. The fraction of sp³-hybridized carbons (Fsp3) is 0.421.